The van der Waals surface area contributed by atoms with Crippen LogP contribution in [0.15, 0.2) is 29.2 Å². The molecule has 21 heavy (non-hydrogen) atoms. The van der Waals surface area contributed by atoms with Gasteiger partial charge in [0, 0.05) is 23.7 Å². The number of alkyl halides is 2. The minimum atomic E-state index is -4.63. The van der Waals surface area contributed by atoms with Gasteiger partial charge in [-0.3, -0.25) is 0 Å². The van der Waals surface area contributed by atoms with Gasteiger partial charge in [-0.25, -0.2) is 13.2 Å². The van der Waals surface area contributed by atoms with E-state index in [4.69, 9.17) is 0 Å². The Kier molecular flexibility index (Phi) is 4.72. The summed E-state index contributed by atoms with van der Waals surface area (Å²) in [5.41, 5.74) is 0.510. The van der Waals surface area contributed by atoms with Crippen LogP contribution >= 0.6 is 11.8 Å². The molecule has 1 heterocycles. The predicted molar refractivity (Wildman–Crippen MR) is 75.7 cm³/mol. The van der Waals surface area contributed by atoms with Crippen LogP contribution in [0.5, 0.6) is 0 Å². The third-order valence-electron chi connectivity index (χ3n) is 3.14. The van der Waals surface area contributed by atoms with E-state index in [0.717, 1.165) is 17.9 Å². The normalized spacial score (nSPS) is 19.8. The lowest BCUT2D eigenvalue weighted by molar-refractivity contribution is -0.138. The summed E-state index contributed by atoms with van der Waals surface area (Å²) in [6.45, 7) is 0.503. The summed E-state index contributed by atoms with van der Waals surface area (Å²) in [6, 6.07) is 4.18. The number of anilines is 1. The van der Waals surface area contributed by atoms with Crippen LogP contribution in [0, 0.1) is 0 Å². The number of hydrogen-bond donors (Lipinski definition) is 1. The van der Waals surface area contributed by atoms with E-state index in [9.17, 15) is 27.1 Å². The molecule has 5 nitrogen and oxygen atoms in total. The third kappa shape index (κ3) is 3.29. The summed E-state index contributed by atoms with van der Waals surface area (Å²) in [5, 5.41) is 9.18. The Bertz CT molecular complexity index is 619. The van der Waals surface area contributed by atoms with Gasteiger partial charge in [0.05, 0.1) is 4.90 Å². The fourth-order valence-electron chi connectivity index (χ4n) is 2.05. The highest BCUT2D eigenvalue weighted by Gasteiger charge is 2.30. The number of carboxylic acid groups (broad SMARTS) is 1. The number of thioether (sulfide) groups is 1. The first-order chi connectivity index (χ1) is 9.84. The lowest BCUT2D eigenvalue weighted by Crippen LogP contribution is -2.47. The molecular formula is C12H13F2NO4S2. The van der Waals surface area contributed by atoms with E-state index >= 15 is 0 Å². The zero-order valence-corrected chi connectivity index (χ0v) is 12.4. The lowest BCUT2D eigenvalue weighted by atomic mass is 10.2. The lowest BCUT2D eigenvalue weighted by Gasteiger charge is -2.34. The van der Waals surface area contributed by atoms with Gasteiger partial charge in [0.2, 0.25) is 9.84 Å². The maximum Gasteiger partial charge on any atom is 0.341 e. The minimum Gasteiger partial charge on any atom is -0.480 e. The second-order valence-electron chi connectivity index (χ2n) is 4.42. The summed E-state index contributed by atoms with van der Waals surface area (Å²) in [6.07, 6.45) is 0. The van der Waals surface area contributed by atoms with Gasteiger partial charge in [-0.15, -0.1) is 0 Å². The van der Waals surface area contributed by atoms with Crippen molar-refractivity contribution in [2.24, 2.45) is 0 Å². The first-order valence-electron chi connectivity index (χ1n) is 6.03. The topological polar surface area (TPSA) is 74.7 Å². The number of carbonyl (C=O) groups is 1. The molecule has 1 unspecified atom stereocenters. The molecule has 1 aromatic rings. The maximum atomic E-state index is 12.4. The largest absolute Gasteiger partial charge is 0.480 e. The molecule has 1 atom stereocenters. The maximum absolute atomic E-state index is 12.4. The molecule has 1 aliphatic rings. The molecular weight excluding hydrogens is 324 g/mol. The summed E-state index contributed by atoms with van der Waals surface area (Å²) in [7, 11) is -4.63. The molecule has 0 saturated carbocycles. The molecule has 0 amide bonds. The van der Waals surface area contributed by atoms with Crippen molar-refractivity contribution in [3.05, 3.63) is 24.3 Å². The number of hydrogen-bond acceptors (Lipinski definition) is 5. The van der Waals surface area contributed by atoms with Crippen molar-refractivity contribution in [2.45, 2.75) is 16.7 Å². The Hall–Kier alpha value is -1.35. The molecule has 116 valence electrons. The first kappa shape index (κ1) is 16.0. The molecule has 1 aromatic carbocycles. The summed E-state index contributed by atoms with van der Waals surface area (Å²) < 4.78 is 47.5. The summed E-state index contributed by atoms with van der Waals surface area (Å²) in [5.74, 6) is -3.26. The molecule has 1 saturated heterocycles. The van der Waals surface area contributed by atoms with Crippen LogP contribution in [0.25, 0.3) is 0 Å². The van der Waals surface area contributed by atoms with Crippen LogP contribution in [0.3, 0.4) is 0 Å². The molecule has 0 radical (unpaired) electrons. The van der Waals surface area contributed by atoms with Crippen molar-refractivity contribution in [1.82, 2.24) is 0 Å². The van der Waals surface area contributed by atoms with E-state index in [1.807, 2.05) is 0 Å². The zero-order chi connectivity index (χ0) is 15.6. The molecule has 1 N–H and O–H groups in total. The summed E-state index contributed by atoms with van der Waals surface area (Å²) >= 11 is 1.52. The van der Waals surface area contributed by atoms with Crippen molar-refractivity contribution >= 4 is 33.3 Å². The average Bonchev–Trinajstić information content (AvgIpc) is 2.47. The molecule has 0 spiro atoms. The third-order valence-corrected chi connectivity index (χ3v) is 5.57. The van der Waals surface area contributed by atoms with Gasteiger partial charge in [0.25, 0.3) is 0 Å². The highest BCUT2D eigenvalue weighted by molar-refractivity contribution is 7.99. The smallest absolute Gasteiger partial charge is 0.341 e. The van der Waals surface area contributed by atoms with Crippen LogP contribution in [0.1, 0.15) is 0 Å². The van der Waals surface area contributed by atoms with Gasteiger partial charge < -0.3 is 10.0 Å². The molecule has 0 bridgehead atoms. The molecule has 1 aliphatic heterocycles. The molecule has 9 heteroatoms. The number of halogens is 2. The zero-order valence-electron chi connectivity index (χ0n) is 10.8. The van der Waals surface area contributed by atoms with E-state index in [1.54, 1.807) is 4.90 Å². The SMILES string of the molecule is O=C(O)C1CSCCN1c1ccc(S(=O)(=O)C(F)F)cc1. The Morgan fingerprint density at radius 3 is 2.48 bits per heavy atom. The fourth-order valence-corrected chi connectivity index (χ4v) is 3.81. The van der Waals surface area contributed by atoms with Crippen LogP contribution in [0.2, 0.25) is 0 Å². The number of benzene rings is 1. The average molecular weight is 337 g/mol. The van der Waals surface area contributed by atoms with Crippen LogP contribution in [0.4, 0.5) is 14.5 Å². The van der Waals surface area contributed by atoms with Crippen molar-refractivity contribution in [1.29, 1.82) is 0 Å². The van der Waals surface area contributed by atoms with Crippen LogP contribution < -0.4 is 4.90 Å². The number of carboxylic acids is 1. The number of nitrogens with zero attached hydrogens (tertiary/aromatic N) is 1. The molecule has 1 fully saturated rings. The van der Waals surface area contributed by atoms with Gasteiger partial charge in [-0.05, 0) is 24.3 Å². The monoisotopic (exact) mass is 337 g/mol. The highest BCUT2D eigenvalue weighted by Crippen LogP contribution is 2.26. The van der Waals surface area contributed by atoms with Gasteiger partial charge in [-0.2, -0.15) is 20.5 Å². The second-order valence-corrected chi connectivity index (χ2v) is 7.49. The minimum absolute atomic E-state index is 0.423. The Labute approximate surface area is 124 Å². The Morgan fingerprint density at radius 2 is 1.95 bits per heavy atom. The van der Waals surface area contributed by atoms with E-state index < -0.39 is 32.5 Å². The molecule has 0 aliphatic carbocycles. The summed E-state index contributed by atoms with van der Waals surface area (Å²) in [4.78, 5) is 12.4. The van der Waals surface area contributed by atoms with E-state index in [2.05, 4.69) is 0 Å². The van der Waals surface area contributed by atoms with Crippen molar-refractivity contribution in [3.8, 4) is 0 Å². The van der Waals surface area contributed by atoms with Crippen molar-refractivity contribution in [2.75, 3.05) is 23.0 Å². The van der Waals surface area contributed by atoms with E-state index in [-0.39, 0.29) is 0 Å². The van der Waals surface area contributed by atoms with Gasteiger partial charge in [-0.1, -0.05) is 0 Å². The number of aliphatic carboxylic acids is 1. The molecule has 2 rings (SSSR count). The quantitative estimate of drug-likeness (QED) is 0.901. The van der Waals surface area contributed by atoms with Gasteiger partial charge in [0.15, 0.2) is 0 Å². The number of rotatable bonds is 4. The fraction of sp³-hybridized carbons (Fsp3) is 0.417. The van der Waals surface area contributed by atoms with Crippen LogP contribution in [-0.4, -0.2) is 49.3 Å². The Morgan fingerprint density at radius 1 is 1.33 bits per heavy atom. The Balaban J connectivity index is 2.28. The van der Waals surface area contributed by atoms with E-state index in [0.29, 0.717) is 18.0 Å². The van der Waals surface area contributed by atoms with E-state index in [1.165, 1.54) is 23.9 Å². The second kappa shape index (κ2) is 6.18. The standard InChI is InChI=1S/C12H13F2NO4S2/c13-12(14)21(18,19)9-3-1-8(2-4-9)15-5-6-20-7-10(15)11(16)17/h1-4,10,12H,5-7H2,(H,16,17). The van der Waals surface area contributed by atoms with Gasteiger partial charge >= 0.3 is 11.7 Å². The van der Waals surface area contributed by atoms with Crippen LogP contribution in [-0.2, 0) is 14.6 Å². The first-order valence-corrected chi connectivity index (χ1v) is 8.73. The highest BCUT2D eigenvalue weighted by atomic mass is 32.2. The van der Waals surface area contributed by atoms with Crippen molar-refractivity contribution in [3.63, 3.8) is 0 Å². The number of sulfone groups is 1. The predicted octanol–water partition coefficient (Wildman–Crippen LogP) is 1.69. The van der Waals surface area contributed by atoms with Gasteiger partial charge in [0.1, 0.15) is 6.04 Å². The van der Waals surface area contributed by atoms with Crippen molar-refractivity contribution < 1.29 is 27.1 Å². The molecule has 0 aromatic heterocycles.